The fourth-order valence-electron chi connectivity index (χ4n) is 2.19. The number of nitrogens with zero attached hydrogens (tertiary/aromatic N) is 1. The molecule has 108 valence electrons. The fourth-order valence-corrected chi connectivity index (χ4v) is 2.60. The molecule has 0 saturated heterocycles. The summed E-state index contributed by atoms with van der Waals surface area (Å²) in [6, 6.07) is 8.89. The normalized spacial score (nSPS) is 12.1. The molecule has 0 aliphatic rings. The summed E-state index contributed by atoms with van der Waals surface area (Å²) in [5.74, 6) is 0. The molecule has 1 aromatic carbocycles. The van der Waals surface area contributed by atoms with E-state index in [1.807, 2.05) is 0 Å². The van der Waals surface area contributed by atoms with Crippen LogP contribution in [0.4, 0.5) is 0 Å². The Morgan fingerprint density at radius 1 is 1.21 bits per heavy atom. The molecule has 0 aromatic heterocycles. The van der Waals surface area contributed by atoms with Gasteiger partial charge < -0.3 is 5.73 Å². The molecule has 3 heteroatoms. The molecule has 0 heterocycles. The largest absolute Gasteiger partial charge is 0.330 e. The Morgan fingerprint density at radius 3 is 2.32 bits per heavy atom. The van der Waals surface area contributed by atoms with Gasteiger partial charge >= 0.3 is 0 Å². The van der Waals surface area contributed by atoms with Crippen molar-refractivity contribution in [3.63, 3.8) is 0 Å². The van der Waals surface area contributed by atoms with Crippen molar-refractivity contribution in [1.82, 2.24) is 4.90 Å². The number of rotatable bonds is 8. The summed E-state index contributed by atoms with van der Waals surface area (Å²) in [5, 5.41) is 0. The minimum Gasteiger partial charge on any atom is -0.330 e. The van der Waals surface area contributed by atoms with E-state index in [2.05, 4.69) is 56.2 Å². The molecule has 0 aliphatic carbocycles. The third-order valence-corrected chi connectivity index (χ3v) is 4.05. The van der Waals surface area contributed by atoms with Crippen molar-refractivity contribution in [1.29, 1.82) is 0 Å². The van der Waals surface area contributed by atoms with Crippen molar-refractivity contribution in [2.24, 2.45) is 11.1 Å². The van der Waals surface area contributed by atoms with E-state index in [0.717, 1.165) is 26.2 Å². The second-order valence-electron chi connectivity index (χ2n) is 5.93. The van der Waals surface area contributed by atoms with E-state index >= 15 is 0 Å². The van der Waals surface area contributed by atoms with Crippen molar-refractivity contribution in [2.45, 2.75) is 38.6 Å². The van der Waals surface area contributed by atoms with Crippen LogP contribution in [-0.2, 0) is 6.54 Å². The predicted molar refractivity (Wildman–Crippen MR) is 86.6 cm³/mol. The molecule has 0 spiro atoms. The quantitative estimate of drug-likeness (QED) is 0.738. The van der Waals surface area contributed by atoms with Crippen LogP contribution in [0.15, 0.2) is 29.2 Å². The molecule has 0 atom stereocenters. The van der Waals surface area contributed by atoms with Crippen LogP contribution in [0.2, 0.25) is 0 Å². The van der Waals surface area contributed by atoms with Gasteiger partial charge in [0.05, 0.1) is 0 Å². The number of nitrogens with two attached hydrogens (primary N) is 1. The van der Waals surface area contributed by atoms with E-state index in [-0.39, 0.29) is 5.41 Å². The van der Waals surface area contributed by atoms with Crippen molar-refractivity contribution in [2.75, 3.05) is 25.9 Å². The Bertz CT molecular complexity index is 360. The molecule has 1 rings (SSSR count). The number of benzene rings is 1. The lowest BCUT2D eigenvalue weighted by atomic mass is 9.93. The monoisotopic (exact) mass is 280 g/mol. The highest BCUT2D eigenvalue weighted by Gasteiger charge is 2.19. The van der Waals surface area contributed by atoms with Crippen LogP contribution in [0.25, 0.3) is 0 Å². The number of hydrogen-bond acceptors (Lipinski definition) is 3. The molecule has 0 bridgehead atoms. The van der Waals surface area contributed by atoms with Crippen LogP contribution >= 0.6 is 11.8 Å². The van der Waals surface area contributed by atoms with Crippen LogP contribution in [0, 0.1) is 5.41 Å². The third-order valence-electron chi connectivity index (χ3n) is 3.31. The molecule has 19 heavy (non-hydrogen) atoms. The molecule has 0 unspecified atom stereocenters. The van der Waals surface area contributed by atoms with E-state index in [1.165, 1.54) is 16.9 Å². The Morgan fingerprint density at radius 2 is 1.84 bits per heavy atom. The first-order valence-corrected chi connectivity index (χ1v) is 8.28. The maximum atomic E-state index is 5.85. The predicted octanol–water partition coefficient (Wildman–Crippen LogP) is 3.61. The van der Waals surface area contributed by atoms with Gasteiger partial charge in [0.15, 0.2) is 0 Å². The fraction of sp³-hybridized carbons (Fsp3) is 0.625. The minimum atomic E-state index is 0.189. The average molecular weight is 280 g/mol. The van der Waals surface area contributed by atoms with Crippen LogP contribution in [0.5, 0.6) is 0 Å². The first kappa shape index (κ1) is 16.5. The van der Waals surface area contributed by atoms with Crippen LogP contribution < -0.4 is 5.73 Å². The summed E-state index contributed by atoms with van der Waals surface area (Å²) in [6.07, 6.45) is 3.30. The molecular weight excluding hydrogens is 252 g/mol. The zero-order chi connectivity index (χ0) is 14.3. The van der Waals surface area contributed by atoms with E-state index in [4.69, 9.17) is 5.73 Å². The summed E-state index contributed by atoms with van der Waals surface area (Å²) in [4.78, 5) is 3.84. The summed E-state index contributed by atoms with van der Waals surface area (Å²) in [5.41, 5.74) is 7.43. The van der Waals surface area contributed by atoms with Crippen molar-refractivity contribution < 1.29 is 0 Å². The zero-order valence-corrected chi connectivity index (χ0v) is 13.6. The smallest absolute Gasteiger partial charge is 0.0233 e. The highest BCUT2D eigenvalue weighted by Crippen LogP contribution is 2.19. The van der Waals surface area contributed by atoms with E-state index < -0.39 is 0 Å². The van der Waals surface area contributed by atoms with Crippen molar-refractivity contribution in [3.8, 4) is 0 Å². The number of hydrogen-bond donors (Lipinski definition) is 1. The molecule has 1 aromatic rings. The average Bonchev–Trinajstić information content (AvgIpc) is 2.39. The minimum absolute atomic E-state index is 0.189. The lowest BCUT2D eigenvalue weighted by Gasteiger charge is -2.31. The SMILES string of the molecule is CCCN(Cc1ccc(SC)cc1)CC(C)(C)CN. The second-order valence-corrected chi connectivity index (χ2v) is 6.81. The topological polar surface area (TPSA) is 29.3 Å². The lowest BCUT2D eigenvalue weighted by Crippen LogP contribution is -2.38. The van der Waals surface area contributed by atoms with Crippen molar-refractivity contribution >= 4 is 11.8 Å². The Balaban J connectivity index is 2.66. The van der Waals surface area contributed by atoms with Gasteiger partial charge in [0.2, 0.25) is 0 Å². The van der Waals surface area contributed by atoms with E-state index in [0.29, 0.717) is 0 Å². The zero-order valence-electron chi connectivity index (χ0n) is 12.8. The van der Waals surface area contributed by atoms with Crippen molar-refractivity contribution in [3.05, 3.63) is 29.8 Å². The summed E-state index contributed by atoms with van der Waals surface area (Å²) < 4.78 is 0. The standard InChI is InChI=1S/C16H28N2S/c1-5-10-18(13-16(2,3)12-17)11-14-6-8-15(19-4)9-7-14/h6-9H,5,10-13,17H2,1-4H3. The first-order valence-electron chi connectivity index (χ1n) is 7.06. The molecule has 0 amide bonds. The molecule has 0 saturated carbocycles. The first-order chi connectivity index (χ1) is 9.00. The van der Waals surface area contributed by atoms with Gasteiger partial charge in [-0.05, 0) is 48.9 Å². The molecule has 0 fully saturated rings. The Kier molecular flexibility index (Phi) is 6.90. The highest BCUT2D eigenvalue weighted by molar-refractivity contribution is 7.98. The van der Waals surface area contributed by atoms with Gasteiger partial charge in [-0.15, -0.1) is 11.8 Å². The van der Waals surface area contributed by atoms with Crippen LogP contribution in [-0.4, -0.2) is 30.8 Å². The maximum Gasteiger partial charge on any atom is 0.0233 e. The number of thioether (sulfide) groups is 1. The summed E-state index contributed by atoms with van der Waals surface area (Å²) in [6.45, 7) is 10.7. The summed E-state index contributed by atoms with van der Waals surface area (Å²) >= 11 is 1.79. The maximum absolute atomic E-state index is 5.85. The van der Waals surface area contributed by atoms with Gasteiger partial charge in [-0.1, -0.05) is 32.9 Å². The molecular formula is C16H28N2S. The summed E-state index contributed by atoms with van der Waals surface area (Å²) in [7, 11) is 0. The van der Waals surface area contributed by atoms with Crippen LogP contribution in [0.1, 0.15) is 32.8 Å². The van der Waals surface area contributed by atoms with Crippen LogP contribution in [0.3, 0.4) is 0 Å². The van der Waals surface area contributed by atoms with E-state index in [9.17, 15) is 0 Å². The molecule has 2 nitrogen and oxygen atoms in total. The van der Waals surface area contributed by atoms with Gasteiger partial charge in [-0.3, -0.25) is 4.90 Å². The third kappa shape index (κ3) is 5.98. The second kappa shape index (κ2) is 7.93. The van der Waals surface area contributed by atoms with Gasteiger partial charge in [0.25, 0.3) is 0 Å². The lowest BCUT2D eigenvalue weighted by molar-refractivity contribution is 0.176. The highest BCUT2D eigenvalue weighted by atomic mass is 32.2. The molecule has 0 radical (unpaired) electrons. The molecule has 0 aliphatic heterocycles. The van der Waals surface area contributed by atoms with Gasteiger partial charge in [0, 0.05) is 18.0 Å². The van der Waals surface area contributed by atoms with Gasteiger partial charge in [-0.2, -0.15) is 0 Å². The Hall–Kier alpha value is -0.510. The van der Waals surface area contributed by atoms with E-state index in [1.54, 1.807) is 11.8 Å². The van der Waals surface area contributed by atoms with Gasteiger partial charge in [0.1, 0.15) is 0 Å². The van der Waals surface area contributed by atoms with Gasteiger partial charge in [-0.25, -0.2) is 0 Å². The Labute approximate surface area is 122 Å². The molecule has 2 N–H and O–H groups in total.